The summed E-state index contributed by atoms with van der Waals surface area (Å²) in [5, 5.41) is 8.18. The van der Waals surface area contributed by atoms with Crippen LogP contribution in [0.2, 0.25) is 0 Å². The van der Waals surface area contributed by atoms with E-state index < -0.39 is 17.1 Å². The average Bonchev–Trinajstić information content (AvgIpc) is 3.10. The van der Waals surface area contributed by atoms with Gasteiger partial charge in [-0.2, -0.15) is 0 Å². The van der Waals surface area contributed by atoms with E-state index in [0.717, 1.165) is 4.90 Å². The van der Waals surface area contributed by atoms with Crippen molar-refractivity contribution in [1.29, 1.82) is 0 Å². The molecule has 1 aliphatic heterocycles. The van der Waals surface area contributed by atoms with Gasteiger partial charge in [0.05, 0.1) is 19.5 Å². The number of amides is 3. The third-order valence-electron chi connectivity index (χ3n) is 7.11. The Morgan fingerprint density at radius 1 is 0.830 bits per heavy atom. The van der Waals surface area contributed by atoms with Crippen molar-refractivity contribution in [3.8, 4) is 23.0 Å². The summed E-state index contributed by atoms with van der Waals surface area (Å²) in [6.07, 6.45) is 2.10. The van der Waals surface area contributed by atoms with E-state index in [0.29, 0.717) is 65.1 Å². The fourth-order valence-electron chi connectivity index (χ4n) is 4.80. The summed E-state index contributed by atoms with van der Waals surface area (Å²) < 4.78 is 22.1. The van der Waals surface area contributed by atoms with E-state index in [-0.39, 0.29) is 11.6 Å². The lowest BCUT2D eigenvalue weighted by Crippen LogP contribution is -2.30. The molecule has 47 heavy (non-hydrogen) atoms. The molecular weight excluding hydrogens is 618 g/mol. The number of rotatable bonds is 12. The normalized spacial score (nSPS) is 12.8. The number of anilines is 2. The van der Waals surface area contributed by atoms with Gasteiger partial charge in [-0.15, -0.1) is 11.8 Å². The fourth-order valence-corrected chi connectivity index (χ4v) is 5.81. The molecule has 5 rings (SSSR count). The Balaban J connectivity index is 1.33. The Morgan fingerprint density at radius 3 is 2.32 bits per heavy atom. The Morgan fingerprint density at radius 2 is 1.57 bits per heavy atom. The minimum absolute atomic E-state index is 0.00583. The summed E-state index contributed by atoms with van der Waals surface area (Å²) in [4.78, 5) is 40.8. The molecule has 3 amide bonds. The second-order valence-electron chi connectivity index (χ2n) is 10.3. The molecule has 0 bridgehead atoms. The third-order valence-corrected chi connectivity index (χ3v) is 8.46. The molecule has 0 radical (unpaired) electrons. The van der Waals surface area contributed by atoms with Gasteiger partial charge in [-0.1, -0.05) is 43.3 Å². The zero-order valence-corrected chi connectivity index (χ0v) is 27.0. The molecule has 242 valence electrons. The van der Waals surface area contributed by atoms with Gasteiger partial charge in [0.15, 0.2) is 23.0 Å². The maximum absolute atomic E-state index is 13.7. The second kappa shape index (κ2) is 15.7. The van der Waals surface area contributed by atoms with Gasteiger partial charge in [0.25, 0.3) is 11.8 Å². The third kappa shape index (κ3) is 8.44. The van der Waals surface area contributed by atoms with Crippen molar-refractivity contribution in [3.05, 3.63) is 108 Å². The maximum atomic E-state index is 13.7. The SMILES string of the molecule is CCC(Sc1cccc(NC(=O)/C(=C\c2cccc(OC)c2OC)NC(=O)c2ccccc2)c1)C(=O)Nc1ccc2c(c1)OCCO2. The molecule has 0 aliphatic carbocycles. The lowest BCUT2D eigenvalue weighted by Gasteiger charge is -2.20. The Labute approximate surface area is 277 Å². The molecule has 0 saturated carbocycles. The summed E-state index contributed by atoms with van der Waals surface area (Å²) in [7, 11) is 3.02. The van der Waals surface area contributed by atoms with Crippen molar-refractivity contribution < 1.29 is 33.3 Å². The largest absolute Gasteiger partial charge is 0.493 e. The predicted molar refractivity (Wildman–Crippen MR) is 183 cm³/mol. The lowest BCUT2D eigenvalue weighted by molar-refractivity contribution is -0.116. The number of para-hydroxylation sites is 1. The number of carbonyl (C=O) groups is 3. The molecule has 0 aromatic heterocycles. The zero-order valence-electron chi connectivity index (χ0n) is 26.2. The van der Waals surface area contributed by atoms with Crippen molar-refractivity contribution in [2.45, 2.75) is 23.5 Å². The molecule has 0 fully saturated rings. The highest BCUT2D eigenvalue weighted by atomic mass is 32.2. The summed E-state index contributed by atoms with van der Waals surface area (Å²) in [5.41, 5.74) is 2.02. The van der Waals surface area contributed by atoms with E-state index in [1.54, 1.807) is 84.9 Å². The minimum atomic E-state index is -0.551. The van der Waals surface area contributed by atoms with Crippen LogP contribution in [0.25, 0.3) is 6.08 Å². The van der Waals surface area contributed by atoms with E-state index >= 15 is 0 Å². The van der Waals surface area contributed by atoms with Crippen molar-refractivity contribution in [2.24, 2.45) is 0 Å². The van der Waals surface area contributed by atoms with Crippen LogP contribution in [-0.2, 0) is 9.59 Å². The molecule has 11 heteroatoms. The molecule has 4 aromatic carbocycles. The number of nitrogens with one attached hydrogen (secondary N) is 3. The van der Waals surface area contributed by atoms with Crippen LogP contribution in [0, 0.1) is 0 Å². The number of hydrogen-bond donors (Lipinski definition) is 3. The molecule has 4 aromatic rings. The van der Waals surface area contributed by atoms with Crippen LogP contribution in [0.5, 0.6) is 23.0 Å². The smallest absolute Gasteiger partial charge is 0.272 e. The highest BCUT2D eigenvalue weighted by molar-refractivity contribution is 8.00. The molecule has 0 saturated heterocycles. The van der Waals surface area contributed by atoms with Crippen LogP contribution in [0.3, 0.4) is 0 Å². The van der Waals surface area contributed by atoms with Crippen molar-refractivity contribution in [2.75, 3.05) is 38.1 Å². The second-order valence-corrected chi connectivity index (χ2v) is 11.6. The van der Waals surface area contributed by atoms with Gasteiger partial charge < -0.3 is 34.9 Å². The molecule has 1 heterocycles. The summed E-state index contributed by atoms with van der Waals surface area (Å²) in [6, 6.07) is 26.3. The number of methoxy groups -OCH3 is 2. The van der Waals surface area contributed by atoms with Crippen LogP contribution in [0.1, 0.15) is 29.3 Å². The fraction of sp³-hybridized carbons (Fsp3) is 0.194. The van der Waals surface area contributed by atoms with Crippen LogP contribution in [0.15, 0.2) is 102 Å². The van der Waals surface area contributed by atoms with Crippen LogP contribution in [-0.4, -0.2) is 50.4 Å². The van der Waals surface area contributed by atoms with Gasteiger partial charge in [-0.3, -0.25) is 14.4 Å². The van der Waals surface area contributed by atoms with Crippen molar-refractivity contribution in [1.82, 2.24) is 5.32 Å². The first-order valence-corrected chi connectivity index (χ1v) is 15.8. The van der Waals surface area contributed by atoms with Gasteiger partial charge >= 0.3 is 0 Å². The van der Waals surface area contributed by atoms with E-state index in [1.165, 1.54) is 32.1 Å². The van der Waals surface area contributed by atoms with Crippen molar-refractivity contribution >= 4 is 46.9 Å². The number of carbonyl (C=O) groups excluding carboxylic acids is 3. The van der Waals surface area contributed by atoms with E-state index in [2.05, 4.69) is 16.0 Å². The van der Waals surface area contributed by atoms with Crippen LogP contribution >= 0.6 is 11.8 Å². The number of hydrogen-bond acceptors (Lipinski definition) is 8. The summed E-state index contributed by atoms with van der Waals surface area (Å²) >= 11 is 1.38. The first kappa shape index (κ1) is 33.0. The monoisotopic (exact) mass is 653 g/mol. The first-order chi connectivity index (χ1) is 22.9. The molecule has 3 N–H and O–H groups in total. The van der Waals surface area contributed by atoms with E-state index in [9.17, 15) is 14.4 Å². The lowest BCUT2D eigenvalue weighted by atomic mass is 10.1. The quantitative estimate of drug-likeness (QED) is 0.119. The highest BCUT2D eigenvalue weighted by Gasteiger charge is 2.21. The van der Waals surface area contributed by atoms with Gasteiger partial charge in [0, 0.05) is 33.5 Å². The Bertz CT molecular complexity index is 1780. The Kier molecular flexibility index (Phi) is 11.0. The minimum Gasteiger partial charge on any atom is -0.493 e. The zero-order chi connectivity index (χ0) is 33.2. The highest BCUT2D eigenvalue weighted by Crippen LogP contribution is 2.34. The van der Waals surface area contributed by atoms with E-state index in [1.807, 2.05) is 13.0 Å². The van der Waals surface area contributed by atoms with E-state index in [4.69, 9.17) is 18.9 Å². The number of thioether (sulfide) groups is 1. The molecular formula is C36H35N3O7S. The van der Waals surface area contributed by atoms with Gasteiger partial charge in [0.1, 0.15) is 18.9 Å². The summed E-state index contributed by atoms with van der Waals surface area (Å²) in [5.74, 6) is 0.963. The number of fused-ring (bicyclic) bond motifs is 1. The van der Waals surface area contributed by atoms with Crippen molar-refractivity contribution in [3.63, 3.8) is 0 Å². The molecule has 0 spiro atoms. The maximum Gasteiger partial charge on any atom is 0.272 e. The number of ether oxygens (including phenoxy) is 4. The first-order valence-electron chi connectivity index (χ1n) is 15.0. The average molecular weight is 654 g/mol. The predicted octanol–water partition coefficient (Wildman–Crippen LogP) is 6.39. The van der Waals surface area contributed by atoms with Gasteiger partial charge in [-0.25, -0.2) is 0 Å². The molecule has 1 atom stereocenters. The van der Waals surface area contributed by atoms with Gasteiger partial charge in [0.2, 0.25) is 5.91 Å². The summed E-state index contributed by atoms with van der Waals surface area (Å²) in [6.45, 7) is 2.88. The Hall–Kier alpha value is -5.42. The molecule has 10 nitrogen and oxygen atoms in total. The molecule has 1 unspecified atom stereocenters. The topological polar surface area (TPSA) is 124 Å². The van der Waals surface area contributed by atoms with Crippen LogP contribution in [0.4, 0.5) is 11.4 Å². The van der Waals surface area contributed by atoms with Gasteiger partial charge in [-0.05, 0) is 61.0 Å². The number of benzene rings is 4. The standard InChI is InChI=1S/C36H35N3O7S/c1-4-32(36(42)38-26-16-17-29-31(22-26)46-19-18-45-29)47-27-14-9-13-25(21-27)37-35(41)28(39-34(40)23-10-6-5-7-11-23)20-24-12-8-15-30(43-2)33(24)44-3/h5-17,20-22,32H,4,18-19H2,1-3H3,(H,37,41)(H,38,42)(H,39,40)/b28-20+. The molecule has 1 aliphatic rings. The van der Waals surface area contributed by atoms with Crippen LogP contribution < -0.4 is 34.9 Å².